The van der Waals surface area contributed by atoms with E-state index in [1.54, 1.807) is 0 Å². The zero-order chi connectivity index (χ0) is 28.7. The lowest BCUT2D eigenvalue weighted by molar-refractivity contribution is 0.660. The van der Waals surface area contributed by atoms with Crippen molar-refractivity contribution in [3.8, 4) is 33.5 Å². The number of benzene rings is 7. The highest BCUT2D eigenvalue weighted by atomic mass is 14.7. The highest BCUT2D eigenvalue weighted by molar-refractivity contribution is 6.23. The lowest BCUT2D eigenvalue weighted by atomic mass is 9.81. The number of hydrogen-bond acceptors (Lipinski definition) is 1. The van der Waals surface area contributed by atoms with Crippen molar-refractivity contribution in [2.75, 3.05) is 0 Å². The van der Waals surface area contributed by atoms with E-state index in [0.717, 1.165) is 16.6 Å². The lowest BCUT2D eigenvalue weighted by Crippen LogP contribution is -2.14. The molecule has 1 heteroatoms. The minimum absolute atomic E-state index is 0.00842. The molecule has 1 nitrogen and oxygen atoms in total. The van der Waals surface area contributed by atoms with Crippen molar-refractivity contribution in [2.45, 2.75) is 19.3 Å². The molecule has 1 aliphatic carbocycles. The van der Waals surface area contributed by atoms with E-state index in [9.17, 15) is 0 Å². The van der Waals surface area contributed by atoms with Gasteiger partial charge in [0, 0.05) is 16.4 Å². The number of pyridine rings is 1. The predicted molar refractivity (Wildman–Crippen MR) is 183 cm³/mol. The first-order valence-corrected chi connectivity index (χ1v) is 15.1. The summed E-state index contributed by atoms with van der Waals surface area (Å²) in [5, 5.41) is 8.74. The van der Waals surface area contributed by atoms with Gasteiger partial charge in [0.25, 0.3) is 0 Å². The maximum Gasteiger partial charge on any atom is 0.0716 e. The number of aromatic nitrogens is 1. The van der Waals surface area contributed by atoms with Crippen LogP contribution in [0.25, 0.3) is 76.7 Å². The molecule has 0 atom stereocenters. The third kappa shape index (κ3) is 3.55. The normalized spacial score (nSPS) is 13.5. The molecule has 43 heavy (non-hydrogen) atoms. The highest BCUT2D eigenvalue weighted by Crippen LogP contribution is 2.49. The number of para-hydroxylation sites is 1. The smallest absolute Gasteiger partial charge is 0.0716 e. The van der Waals surface area contributed by atoms with Crippen LogP contribution in [0, 0.1) is 0 Å². The molecule has 0 fully saturated rings. The lowest BCUT2D eigenvalue weighted by Gasteiger charge is -2.22. The summed E-state index contributed by atoms with van der Waals surface area (Å²) in [6.45, 7) is 4.70. The fraction of sp³-hybridized carbons (Fsp3) is 0.0714. The Bertz CT molecular complexity index is 2430. The second-order valence-corrected chi connectivity index (χ2v) is 12.4. The van der Waals surface area contributed by atoms with Gasteiger partial charge in [0.2, 0.25) is 0 Å². The molecule has 8 aromatic rings. The van der Waals surface area contributed by atoms with Crippen LogP contribution in [0.5, 0.6) is 0 Å². The largest absolute Gasteiger partial charge is 0.248 e. The van der Waals surface area contributed by atoms with Gasteiger partial charge in [-0.2, -0.15) is 0 Å². The third-order valence-corrected chi connectivity index (χ3v) is 9.63. The van der Waals surface area contributed by atoms with Crippen LogP contribution >= 0.6 is 0 Å². The van der Waals surface area contributed by atoms with Gasteiger partial charge in [-0.1, -0.05) is 123 Å². The summed E-state index contributed by atoms with van der Waals surface area (Å²) < 4.78 is 0. The van der Waals surface area contributed by atoms with Gasteiger partial charge < -0.3 is 0 Å². The Morgan fingerprint density at radius 1 is 0.442 bits per heavy atom. The Balaban J connectivity index is 1.21. The molecule has 202 valence electrons. The van der Waals surface area contributed by atoms with E-state index in [4.69, 9.17) is 4.98 Å². The van der Waals surface area contributed by atoms with E-state index in [1.165, 1.54) is 71.3 Å². The predicted octanol–water partition coefficient (Wildman–Crippen LogP) is 11.3. The van der Waals surface area contributed by atoms with Crippen LogP contribution in [0.4, 0.5) is 0 Å². The van der Waals surface area contributed by atoms with Crippen molar-refractivity contribution in [3.63, 3.8) is 0 Å². The molecular formula is C42H29N. The van der Waals surface area contributed by atoms with E-state index in [0.29, 0.717) is 0 Å². The van der Waals surface area contributed by atoms with Crippen molar-refractivity contribution in [2.24, 2.45) is 0 Å². The first-order chi connectivity index (χ1) is 21.1. The average Bonchev–Trinajstić information content (AvgIpc) is 3.29. The van der Waals surface area contributed by atoms with Crippen molar-refractivity contribution in [1.29, 1.82) is 0 Å². The van der Waals surface area contributed by atoms with Crippen LogP contribution in [0.15, 0.2) is 140 Å². The minimum atomic E-state index is -0.00842. The van der Waals surface area contributed by atoms with Crippen molar-refractivity contribution >= 4 is 43.2 Å². The standard InChI is InChI=1S/C42H29N/c1-42(2)37-13-7-6-11-33(37)34-21-18-28(25-38(34)42)27-17-20-31-29(23-27)15-16-30-24-36(32-10-4-5-12-35(32)41(30)31)40-22-19-26-9-3-8-14-39(26)43-40/h3-25H,1-2H3. The van der Waals surface area contributed by atoms with Crippen LogP contribution < -0.4 is 0 Å². The Hall–Kier alpha value is -5.27. The second kappa shape index (κ2) is 8.86. The van der Waals surface area contributed by atoms with Crippen LogP contribution in [-0.2, 0) is 5.41 Å². The first-order valence-electron chi connectivity index (χ1n) is 15.1. The molecular weight excluding hydrogens is 518 g/mol. The SMILES string of the molecule is CC1(C)c2ccccc2-c2ccc(-c3ccc4c(ccc5cc(-c6ccc7ccccc7n6)c6ccccc6c54)c3)cc21. The van der Waals surface area contributed by atoms with Gasteiger partial charge in [-0.25, -0.2) is 4.98 Å². The van der Waals surface area contributed by atoms with E-state index in [2.05, 4.69) is 153 Å². The number of rotatable bonds is 2. The summed E-state index contributed by atoms with van der Waals surface area (Å²) in [6.07, 6.45) is 0. The first kappa shape index (κ1) is 24.3. The van der Waals surface area contributed by atoms with E-state index in [1.807, 2.05) is 0 Å². The van der Waals surface area contributed by atoms with Gasteiger partial charge in [-0.15, -0.1) is 0 Å². The number of hydrogen-bond donors (Lipinski definition) is 0. The molecule has 0 aliphatic heterocycles. The highest BCUT2D eigenvalue weighted by Gasteiger charge is 2.35. The van der Waals surface area contributed by atoms with Gasteiger partial charge >= 0.3 is 0 Å². The van der Waals surface area contributed by atoms with Gasteiger partial charge in [0.05, 0.1) is 11.2 Å². The van der Waals surface area contributed by atoms with E-state index < -0.39 is 0 Å². The molecule has 1 heterocycles. The molecule has 1 aliphatic rings. The second-order valence-electron chi connectivity index (χ2n) is 12.4. The van der Waals surface area contributed by atoms with Crippen molar-refractivity contribution in [1.82, 2.24) is 4.98 Å². The summed E-state index contributed by atoms with van der Waals surface area (Å²) in [7, 11) is 0. The topological polar surface area (TPSA) is 12.9 Å². The fourth-order valence-corrected chi connectivity index (χ4v) is 7.43. The number of fused-ring (bicyclic) bond motifs is 9. The quantitative estimate of drug-likeness (QED) is 0.196. The summed E-state index contributed by atoms with van der Waals surface area (Å²) in [5.74, 6) is 0. The van der Waals surface area contributed by atoms with E-state index in [-0.39, 0.29) is 5.41 Å². The van der Waals surface area contributed by atoms with Crippen LogP contribution in [-0.4, -0.2) is 4.98 Å². The number of nitrogens with zero attached hydrogens (tertiary/aromatic N) is 1. The van der Waals surface area contributed by atoms with Crippen LogP contribution in [0.3, 0.4) is 0 Å². The van der Waals surface area contributed by atoms with Gasteiger partial charge in [-0.05, 0) is 96.0 Å². The third-order valence-electron chi connectivity index (χ3n) is 9.63. The molecule has 0 spiro atoms. The molecule has 0 saturated carbocycles. The molecule has 7 aromatic carbocycles. The Kier molecular flexibility index (Phi) is 5.02. The zero-order valence-corrected chi connectivity index (χ0v) is 24.2. The zero-order valence-electron chi connectivity index (χ0n) is 24.2. The molecule has 0 saturated heterocycles. The average molecular weight is 548 g/mol. The molecule has 0 unspecified atom stereocenters. The summed E-state index contributed by atoms with van der Waals surface area (Å²) in [6, 6.07) is 51.2. The molecule has 0 amide bonds. The van der Waals surface area contributed by atoms with Crippen LogP contribution in [0.1, 0.15) is 25.0 Å². The minimum Gasteiger partial charge on any atom is -0.248 e. The fourth-order valence-electron chi connectivity index (χ4n) is 7.43. The van der Waals surface area contributed by atoms with Crippen LogP contribution in [0.2, 0.25) is 0 Å². The van der Waals surface area contributed by atoms with Gasteiger partial charge in [0.15, 0.2) is 0 Å². The Labute approximate surface area is 251 Å². The summed E-state index contributed by atoms with van der Waals surface area (Å²) in [4.78, 5) is 5.06. The van der Waals surface area contributed by atoms with Crippen molar-refractivity contribution in [3.05, 3.63) is 151 Å². The maximum atomic E-state index is 5.06. The molecule has 9 rings (SSSR count). The van der Waals surface area contributed by atoms with Crippen molar-refractivity contribution < 1.29 is 0 Å². The van der Waals surface area contributed by atoms with E-state index >= 15 is 0 Å². The molecule has 1 aromatic heterocycles. The molecule has 0 N–H and O–H groups in total. The summed E-state index contributed by atoms with van der Waals surface area (Å²) in [5.41, 5.74) is 11.3. The van der Waals surface area contributed by atoms with Gasteiger partial charge in [-0.3, -0.25) is 0 Å². The molecule has 0 radical (unpaired) electrons. The summed E-state index contributed by atoms with van der Waals surface area (Å²) >= 11 is 0. The Morgan fingerprint density at radius 3 is 2.07 bits per heavy atom. The molecule has 0 bridgehead atoms. The maximum absolute atomic E-state index is 5.06. The van der Waals surface area contributed by atoms with Gasteiger partial charge in [0.1, 0.15) is 0 Å². The monoisotopic (exact) mass is 547 g/mol. The Morgan fingerprint density at radius 2 is 1.14 bits per heavy atom.